The second kappa shape index (κ2) is 19.1. The number of nitrogens with zero attached hydrogens (tertiary/aromatic N) is 10. The molecule has 2 unspecified atom stereocenters. The van der Waals surface area contributed by atoms with Crippen LogP contribution in [-0.4, -0.2) is 77.5 Å². The average molecular weight is 901 g/mol. The third-order valence-electron chi connectivity index (χ3n) is 13.5. The summed E-state index contributed by atoms with van der Waals surface area (Å²) in [6, 6.07) is 34.4. The fraction of sp³-hybridized carbons (Fsp3) is 0.346. The van der Waals surface area contributed by atoms with Gasteiger partial charge in [-0.05, 0) is 142 Å². The molecular formula is C52H54F2N12O. The predicted molar refractivity (Wildman–Crippen MR) is 256 cm³/mol. The molecule has 9 heterocycles. The molecule has 1 saturated carbocycles. The number of aromatic nitrogens is 8. The van der Waals surface area contributed by atoms with Gasteiger partial charge in [0.1, 0.15) is 46.6 Å². The molecule has 6 aromatic heterocycles. The molecule has 342 valence electrons. The lowest BCUT2D eigenvalue weighted by molar-refractivity contribution is 0.156. The van der Waals surface area contributed by atoms with Crippen molar-refractivity contribution in [3.8, 4) is 28.7 Å². The van der Waals surface area contributed by atoms with Gasteiger partial charge in [-0.25, -0.2) is 37.7 Å². The molecule has 4 fully saturated rings. The van der Waals surface area contributed by atoms with Crippen molar-refractivity contribution >= 4 is 28.7 Å². The second-order valence-corrected chi connectivity index (χ2v) is 18.0. The maximum absolute atomic E-state index is 13.9. The van der Waals surface area contributed by atoms with E-state index in [0.717, 1.165) is 127 Å². The van der Waals surface area contributed by atoms with E-state index in [1.807, 2.05) is 88.0 Å². The van der Waals surface area contributed by atoms with Crippen molar-refractivity contribution in [1.29, 1.82) is 0 Å². The van der Waals surface area contributed by atoms with Crippen LogP contribution in [0.5, 0.6) is 5.88 Å². The summed E-state index contributed by atoms with van der Waals surface area (Å²) in [5, 5.41) is 16.8. The SMILES string of the molecule is Fc1cccc(C2CCCN2c2ccc3ncc(-c4cccc(NC5CCCC5)n4)n3n2)c1.Fc1cccc(C2CCCN2c2ccc3ncc(-c4cccc(OC5CCNCC5)n4)n3n2)c1. The Morgan fingerprint density at radius 2 is 1.12 bits per heavy atom. The summed E-state index contributed by atoms with van der Waals surface area (Å²) in [7, 11) is 0. The molecule has 2 N–H and O–H groups in total. The third kappa shape index (κ3) is 9.24. The Kier molecular flexibility index (Phi) is 12.1. The molecule has 2 aromatic carbocycles. The summed E-state index contributed by atoms with van der Waals surface area (Å²) in [6.07, 6.45) is 14.8. The first-order valence-electron chi connectivity index (χ1n) is 23.8. The highest BCUT2D eigenvalue weighted by Gasteiger charge is 2.30. The van der Waals surface area contributed by atoms with Gasteiger partial charge in [-0.3, -0.25) is 0 Å². The molecule has 2 atom stereocenters. The van der Waals surface area contributed by atoms with Crippen molar-refractivity contribution in [2.24, 2.45) is 0 Å². The molecule has 67 heavy (non-hydrogen) atoms. The standard InChI is InChI=1S/C26H27FN6O.C26H27FN6/c27-19-5-1-4-18(16-19)22-7-3-15-32(22)25-10-9-24-29-17-23(33(24)31-25)21-6-2-8-26(30-21)34-20-11-13-28-14-12-20;27-19-7-3-6-18(16-19)22-11-5-15-32(22)26-14-13-25-28-17-23(33(25)31-26)21-10-4-12-24(30-21)29-20-8-1-2-9-20/h1-2,4-6,8-10,16-17,20,22,28H,3,7,11-15H2;3-4,6-7,10,12-14,16-17,20,22H,1-2,5,8-9,11,15H2,(H,29,30). The number of benzene rings is 2. The van der Waals surface area contributed by atoms with E-state index in [1.54, 1.807) is 30.5 Å². The summed E-state index contributed by atoms with van der Waals surface area (Å²) in [5.74, 6) is 2.84. The molecule has 13 nitrogen and oxygen atoms in total. The molecule has 0 amide bonds. The number of fused-ring (bicyclic) bond motifs is 2. The summed E-state index contributed by atoms with van der Waals surface area (Å²) >= 11 is 0. The smallest absolute Gasteiger partial charge is 0.214 e. The zero-order chi connectivity index (χ0) is 45.1. The van der Waals surface area contributed by atoms with E-state index in [2.05, 4.69) is 30.4 Å². The van der Waals surface area contributed by atoms with Crippen LogP contribution in [0.15, 0.2) is 122 Å². The molecule has 3 aliphatic heterocycles. The zero-order valence-corrected chi connectivity index (χ0v) is 37.4. The lowest BCUT2D eigenvalue weighted by atomic mass is 10.0. The van der Waals surface area contributed by atoms with Crippen molar-refractivity contribution in [3.05, 3.63) is 144 Å². The molecule has 12 rings (SSSR count). The molecule has 4 aliphatic rings. The van der Waals surface area contributed by atoms with Gasteiger partial charge < -0.3 is 25.2 Å². The number of nitrogens with one attached hydrogen (secondary N) is 2. The molecule has 0 spiro atoms. The van der Waals surface area contributed by atoms with Crippen LogP contribution in [0.1, 0.15) is 87.4 Å². The number of halogens is 2. The van der Waals surface area contributed by atoms with Crippen molar-refractivity contribution in [3.63, 3.8) is 0 Å². The molecule has 0 radical (unpaired) electrons. The van der Waals surface area contributed by atoms with Gasteiger partial charge in [0.25, 0.3) is 0 Å². The first-order valence-corrected chi connectivity index (χ1v) is 23.8. The second-order valence-electron chi connectivity index (χ2n) is 18.0. The van der Waals surface area contributed by atoms with Gasteiger partial charge >= 0.3 is 0 Å². The predicted octanol–water partition coefficient (Wildman–Crippen LogP) is 10.0. The van der Waals surface area contributed by atoms with Crippen LogP contribution in [0, 0.1) is 11.6 Å². The number of anilines is 3. The van der Waals surface area contributed by atoms with Crippen molar-refractivity contribution < 1.29 is 13.5 Å². The van der Waals surface area contributed by atoms with Crippen LogP contribution >= 0.6 is 0 Å². The first-order chi connectivity index (χ1) is 33.0. The minimum absolute atomic E-state index is 0.104. The van der Waals surface area contributed by atoms with Crippen LogP contribution in [-0.2, 0) is 0 Å². The number of ether oxygens (including phenoxy) is 1. The van der Waals surface area contributed by atoms with Gasteiger partial charge in [0.2, 0.25) is 5.88 Å². The third-order valence-corrected chi connectivity index (χ3v) is 13.5. The lowest BCUT2D eigenvalue weighted by Gasteiger charge is -2.26. The summed E-state index contributed by atoms with van der Waals surface area (Å²) in [5.41, 5.74) is 6.81. The Morgan fingerprint density at radius 3 is 1.70 bits per heavy atom. The van der Waals surface area contributed by atoms with E-state index in [9.17, 15) is 8.78 Å². The molecule has 8 aromatic rings. The van der Waals surface area contributed by atoms with Gasteiger partial charge in [0.15, 0.2) is 11.3 Å². The van der Waals surface area contributed by atoms with E-state index in [1.165, 1.54) is 37.8 Å². The molecule has 1 aliphatic carbocycles. The minimum Gasteiger partial charge on any atom is -0.474 e. The quantitative estimate of drug-likeness (QED) is 0.136. The topological polar surface area (TPSA) is 126 Å². The molecular weight excluding hydrogens is 847 g/mol. The fourth-order valence-corrected chi connectivity index (χ4v) is 10.2. The van der Waals surface area contributed by atoms with Crippen LogP contribution in [0.25, 0.3) is 34.1 Å². The highest BCUT2D eigenvalue weighted by molar-refractivity contribution is 5.63. The van der Waals surface area contributed by atoms with Crippen LogP contribution < -0.4 is 25.2 Å². The van der Waals surface area contributed by atoms with Gasteiger partial charge in [-0.1, -0.05) is 49.2 Å². The van der Waals surface area contributed by atoms with E-state index < -0.39 is 0 Å². The Labute approximate surface area is 388 Å². The van der Waals surface area contributed by atoms with E-state index >= 15 is 0 Å². The number of imidazole rings is 2. The van der Waals surface area contributed by atoms with Crippen molar-refractivity contribution in [1.82, 2.24) is 44.5 Å². The Morgan fingerprint density at radius 1 is 0.567 bits per heavy atom. The van der Waals surface area contributed by atoms with Crippen LogP contribution in [0.2, 0.25) is 0 Å². The highest BCUT2D eigenvalue weighted by atomic mass is 19.1. The van der Waals surface area contributed by atoms with Gasteiger partial charge in [0, 0.05) is 25.2 Å². The van der Waals surface area contributed by atoms with Crippen LogP contribution in [0.4, 0.5) is 26.2 Å². The number of pyridine rings is 2. The summed E-state index contributed by atoms with van der Waals surface area (Å²) in [4.78, 5) is 23.2. The average Bonchev–Trinajstić information content (AvgIpc) is 4.23. The first kappa shape index (κ1) is 42.6. The van der Waals surface area contributed by atoms with E-state index in [4.69, 9.17) is 24.9 Å². The van der Waals surface area contributed by atoms with Gasteiger partial charge in [-0.15, -0.1) is 10.2 Å². The summed E-state index contributed by atoms with van der Waals surface area (Å²) < 4.78 is 37.6. The molecule has 0 bridgehead atoms. The summed E-state index contributed by atoms with van der Waals surface area (Å²) in [6.45, 7) is 3.71. The van der Waals surface area contributed by atoms with Gasteiger partial charge in [0.05, 0.1) is 35.9 Å². The fourth-order valence-electron chi connectivity index (χ4n) is 10.2. The minimum atomic E-state index is -0.206. The Bertz CT molecular complexity index is 2980. The molecule has 3 saturated heterocycles. The number of rotatable bonds is 10. The van der Waals surface area contributed by atoms with Crippen molar-refractivity contribution in [2.45, 2.75) is 88.4 Å². The Hall–Kier alpha value is -7.00. The number of piperidine rings is 1. The lowest BCUT2D eigenvalue weighted by Crippen LogP contribution is -2.34. The monoisotopic (exact) mass is 900 g/mol. The number of hydrogen-bond donors (Lipinski definition) is 2. The largest absolute Gasteiger partial charge is 0.474 e. The van der Waals surface area contributed by atoms with Crippen LogP contribution in [0.3, 0.4) is 0 Å². The molecule has 15 heteroatoms. The number of hydrogen-bond acceptors (Lipinski definition) is 11. The zero-order valence-electron chi connectivity index (χ0n) is 37.4. The van der Waals surface area contributed by atoms with Crippen molar-refractivity contribution in [2.75, 3.05) is 41.3 Å². The Balaban J connectivity index is 0.000000148. The van der Waals surface area contributed by atoms with E-state index in [-0.39, 0.29) is 29.8 Å². The normalized spacial score (nSPS) is 19.0. The maximum Gasteiger partial charge on any atom is 0.214 e. The van der Waals surface area contributed by atoms with Gasteiger partial charge in [-0.2, -0.15) is 0 Å². The maximum atomic E-state index is 13.9. The highest BCUT2D eigenvalue weighted by Crippen LogP contribution is 2.37. The van der Waals surface area contributed by atoms with E-state index in [0.29, 0.717) is 11.9 Å².